The Bertz CT molecular complexity index is 593. The van der Waals surface area contributed by atoms with Crippen molar-refractivity contribution in [2.24, 2.45) is 0 Å². The van der Waals surface area contributed by atoms with Gasteiger partial charge in [-0.3, -0.25) is 0 Å². The SMILES string of the molecule is COc1ccc(C(Cl)c2cccc(Cl)c2C)cc1C. The summed E-state index contributed by atoms with van der Waals surface area (Å²) in [5, 5.41) is 0.539. The van der Waals surface area contributed by atoms with E-state index >= 15 is 0 Å². The highest BCUT2D eigenvalue weighted by Crippen LogP contribution is 2.35. The van der Waals surface area contributed by atoms with E-state index in [1.165, 1.54) is 0 Å². The molecule has 0 amide bonds. The van der Waals surface area contributed by atoms with Gasteiger partial charge in [-0.05, 0) is 48.2 Å². The molecule has 0 aliphatic carbocycles. The minimum absolute atomic E-state index is 0.205. The average Bonchev–Trinajstić information content (AvgIpc) is 2.41. The fourth-order valence-corrected chi connectivity index (χ4v) is 2.69. The van der Waals surface area contributed by atoms with Gasteiger partial charge in [0.15, 0.2) is 0 Å². The van der Waals surface area contributed by atoms with Crippen LogP contribution in [0.4, 0.5) is 0 Å². The van der Waals surface area contributed by atoms with Crippen LogP contribution >= 0.6 is 23.2 Å². The molecule has 2 aromatic rings. The van der Waals surface area contributed by atoms with Crippen molar-refractivity contribution in [3.8, 4) is 5.75 Å². The Morgan fingerprint density at radius 2 is 1.84 bits per heavy atom. The highest BCUT2D eigenvalue weighted by molar-refractivity contribution is 6.31. The van der Waals surface area contributed by atoms with E-state index in [0.717, 1.165) is 33.0 Å². The maximum atomic E-state index is 6.58. The van der Waals surface area contributed by atoms with Crippen molar-refractivity contribution in [3.05, 3.63) is 63.7 Å². The molecular formula is C16H16Cl2O. The summed E-state index contributed by atoms with van der Waals surface area (Å²) in [6, 6.07) is 11.8. The number of hydrogen-bond acceptors (Lipinski definition) is 1. The molecular weight excluding hydrogens is 279 g/mol. The number of rotatable bonds is 3. The van der Waals surface area contributed by atoms with Gasteiger partial charge in [-0.15, -0.1) is 11.6 Å². The lowest BCUT2D eigenvalue weighted by molar-refractivity contribution is 0.411. The zero-order valence-corrected chi connectivity index (χ0v) is 12.7. The van der Waals surface area contributed by atoms with E-state index in [2.05, 4.69) is 6.07 Å². The quantitative estimate of drug-likeness (QED) is 0.699. The van der Waals surface area contributed by atoms with Crippen LogP contribution in [-0.2, 0) is 0 Å². The van der Waals surface area contributed by atoms with Gasteiger partial charge >= 0.3 is 0 Å². The number of aryl methyl sites for hydroxylation is 1. The first-order valence-electron chi connectivity index (χ1n) is 6.08. The Kier molecular flexibility index (Phi) is 4.38. The first-order valence-corrected chi connectivity index (χ1v) is 6.89. The fraction of sp³-hybridized carbons (Fsp3) is 0.250. The molecule has 1 atom stereocenters. The molecule has 2 rings (SSSR count). The molecule has 0 spiro atoms. The van der Waals surface area contributed by atoms with E-state index in [-0.39, 0.29) is 5.38 Å². The number of benzene rings is 2. The van der Waals surface area contributed by atoms with Crippen LogP contribution in [0.3, 0.4) is 0 Å². The van der Waals surface area contributed by atoms with Crippen molar-refractivity contribution < 1.29 is 4.74 Å². The smallest absolute Gasteiger partial charge is 0.121 e. The van der Waals surface area contributed by atoms with Gasteiger partial charge in [-0.1, -0.05) is 35.9 Å². The van der Waals surface area contributed by atoms with Gasteiger partial charge in [-0.25, -0.2) is 0 Å². The van der Waals surface area contributed by atoms with Crippen molar-refractivity contribution in [3.63, 3.8) is 0 Å². The lowest BCUT2D eigenvalue weighted by Gasteiger charge is -2.15. The molecule has 0 aliphatic heterocycles. The summed E-state index contributed by atoms with van der Waals surface area (Å²) in [7, 11) is 1.67. The Morgan fingerprint density at radius 1 is 1.11 bits per heavy atom. The van der Waals surface area contributed by atoms with E-state index in [0.29, 0.717) is 0 Å². The molecule has 1 unspecified atom stereocenters. The molecule has 3 heteroatoms. The zero-order chi connectivity index (χ0) is 14.0. The summed E-state index contributed by atoms with van der Waals surface area (Å²) >= 11 is 12.7. The topological polar surface area (TPSA) is 9.23 Å². The van der Waals surface area contributed by atoms with Crippen molar-refractivity contribution in [2.75, 3.05) is 7.11 Å². The van der Waals surface area contributed by atoms with E-state index in [1.807, 2.05) is 44.2 Å². The van der Waals surface area contributed by atoms with Crippen LogP contribution < -0.4 is 4.74 Å². The normalized spacial score (nSPS) is 12.3. The Hall–Kier alpha value is -1.18. The van der Waals surface area contributed by atoms with Crippen LogP contribution in [0.15, 0.2) is 36.4 Å². The van der Waals surface area contributed by atoms with Crippen molar-refractivity contribution in [1.29, 1.82) is 0 Å². The summed E-state index contributed by atoms with van der Waals surface area (Å²) in [5.41, 5.74) is 4.19. The van der Waals surface area contributed by atoms with Crippen molar-refractivity contribution >= 4 is 23.2 Å². The second-order valence-corrected chi connectivity index (χ2v) is 5.39. The summed E-state index contributed by atoms with van der Waals surface area (Å²) in [6.07, 6.45) is 0. The Morgan fingerprint density at radius 3 is 2.47 bits per heavy atom. The van der Waals surface area contributed by atoms with Gasteiger partial charge in [0, 0.05) is 5.02 Å². The number of hydrogen-bond donors (Lipinski definition) is 0. The van der Waals surface area contributed by atoms with Gasteiger partial charge in [0.25, 0.3) is 0 Å². The lowest BCUT2D eigenvalue weighted by Crippen LogP contribution is -1.98. The molecule has 0 N–H and O–H groups in total. The molecule has 2 aromatic carbocycles. The lowest BCUT2D eigenvalue weighted by atomic mass is 9.98. The fourth-order valence-electron chi connectivity index (χ4n) is 2.14. The molecule has 0 saturated carbocycles. The molecule has 0 aromatic heterocycles. The minimum atomic E-state index is -0.205. The number of ether oxygens (including phenoxy) is 1. The van der Waals surface area contributed by atoms with Gasteiger partial charge in [0.1, 0.15) is 5.75 Å². The summed E-state index contributed by atoms with van der Waals surface area (Å²) < 4.78 is 5.26. The van der Waals surface area contributed by atoms with Gasteiger partial charge in [0.05, 0.1) is 12.5 Å². The first kappa shape index (κ1) is 14.2. The van der Waals surface area contributed by atoms with Crippen molar-refractivity contribution in [2.45, 2.75) is 19.2 Å². The molecule has 0 fully saturated rings. The summed E-state index contributed by atoms with van der Waals surface area (Å²) in [6.45, 7) is 4.00. The second-order valence-electron chi connectivity index (χ2n) is 4.55. The number of methoxy groups -OCH3 is 1. The number of halogens is 2. The van der Waals surface area contributed by atoms with Crippen LogP contribution in [0.25, 0.3) is 0 Å². The first-order chi connectivity index (χ1) is 9.04. The molecule has 0 radical (unpaired) electrons. The second kappa shape index (κ2) is 5.85. The van der Waals surface area contributed by atoms with E-state index in [9.17, 15) is 0 Å². The maximum absolute atomic E-state index is 6.58. The van der Waals surface area contributed by atoms with E-state index < -0.39 is 0 Å². The average molecular weight is 295 g/mol. The standard InChI is InChI=1S/C16H16Cl2O/c1-10-9-12(7-8-15(10)19-3)16(18)13-5-4-6-14(17)11(13)2/h4-9,16H,1-3H3. The van der Waals surface area contributed by atoms with Crippen molar-refractivity contribution in [1.82, 2.24) is 0 Å². The molecule has 0 aliphatic rings. The summed E-state index contributed by atoms with van der Waals surface area (Å²) in [5.74, 6) is 0.871. The molecule has 19 heavy (non-hydrogen) atoms. The Balaban J connectivity index is 2.41. The number of alkyl halides is 1. The third-order valence-corrected chi connectivity index (χ3v) is 4.19. The van der Waals surface area contributed by atoms with Gasteiger partial charge in [0.2, 0.25) is 0 Å². The Labute approximate surface area is 124 Å². The van der Waals surface area contributed by atoms with E-state index in [1.54, 1.807) is 7.11 Å². The third kappa shape index (κ3) is 2.88. The molecule has 0 bridgehead atoms. The largest absolute Gasteiger partial charge is 0.496 e. The predicted octanol–water partition coefficient (Wildman–Crippen LogP) is 5.29. The predicted molar refractivity (Wildman–Crippen MR) is 81.6 cm³/mol. The van der Waals surface area contributed by atoms with Crippen LogP contribution in [0, 0.1) is 13.8 Å². The monoisotopic (exact) mass is 294 g/mol. The molecule has 1 nitrogen and oxygen atoms in total. The van der Waals surface area contributed by atoms with Crippen LogP contribution in [-0.4, -0.2) is 7.11 Å². The summed E-state index contributed by atoms with van der Waals surface area (Å²) in [4.78, 5) is 0. The highest BCUT2D eigenvalue weighted by Gasteiger charge is 2.15. The van der Waals surface area contributed by atoms with Crippen LogP contribution in [0.1, 0.15) is 27.6 Å². The van der Waals surface area contributed by atoms with Gasteiger partial charge < -0.3 is 4.74 Å². The molecule has 0 heterocycles. The van der Waals surface area contributed by atoms with Crippen LogP contribution in [0.2, 0.25) is 5.02 Å². The van der Waals surface area contributed by atoms with Gasteiger partial charge in [-0.2, -0.15) is 0 Å². The molecule has 0 saturated heterocycles. The minimum Gasteiger partial charge on any atom is -0.496 e. The molecule has 100 valence electrons. The zero-order valence-electron chi connectivity index (χ0n) is 11.2. The van der Waals surface area contributed by atoms with E-state index in [4.69, 9.17) is 27.9 Å². The van der Waals surface area contributed by atoms with Crippen LogP contribution in [0.5, 0.6) is 5.75 Å². The third-order valence-electron chi connectivity index (χ3n) is 3.29. The maximum Gasteiger partial charge on any atom is 0.121 e. The highest BCUT2D eigenvalue weighted by atomic mass is 35.5.